The lowest BCUT2D eigenvalue weighted by Crippen LogP contribution is -2.38. The topological polar surface area (TPSA) is 94.5 Å². The quantitative estimate of drug-likeness (QED) is 0.284. The monoisotopic (exact) mass is 541 g/mol. The highest BCUT2D eigenvalue weighted by Gasteiger charge is 2.26. The van der Waals surface area contributed by atoms with E-state index in [0.29, 0.717) is 11.3 Å². The van der Waals surface area contributed by atoms with Crippen LogP contribution in [0.25, 0.3) is 0 Å². The van der Waals surface area contributed by atoms with Crippen molar-refractivity contribution in [2.75, 3.05) is 39.5 Å². The van der Waals surface area contributed by atoms with Crippen molar-refractivity contribution >= 4 is 12.1 Å². The minimum absolute atomic E-state index is 0.00164. The zero-order valence-corrected chi connectivity index (χ0v) is 21.5. The molecule has 0 aliphatic heterocycles. The highest BCUT2D eigenvalue weighted by atomic mass is 19.3. The van der Waals surface area contributed by atoms with E-state index in [4.69, 9.17) is 18.9 Å². The second-order valence-corrected chi connectivity index (χ2v) is 8.41. The van der Waals surface area contributed by atoms with Crippen LogP contribution in [0.4, 0.5) is 18.0 Å². The van der Waals surface area contributed by atoms with Crippen molar-refractivity contribution in [1.82, 2.24) is 4.90 Å². The van der Waals surface area contributed by atoms with Crippen LogP contribution < -0.4 is 4.74 Å². The molecule has 0 aliphatic rings. The number of hydrogen-bond donors (Lipinski definition) is 1. The van der Waals surface area contributed by atoms with Crippen LogP contribution in [0.3, 0.4) is 0 Å². The average molecular weight is 542 g/mol. The number of benzene rings is 2. The molecule has 210 valence electrons. The molecule has 1 atom stereocenters. The lowest BCUT2D eigenvalue weighted by Gasteiger charge is -2.23. The highest BCUT2D eigenvalue weighted by Crippen LogP contribution is 2.18. The van der Waals surface area contributed by atoms with Crippen molar-refractivity contribution in [1.29, 1.82) is 0 Å². The summed E-state index contributed by atoms with van der Waals surface area (Å²) in [5, 5.41) is 9.22. The summed E-state index contributed by atoms with van der Waals surface area (Å²) >= 11 is 0. The molecule has 1 unspecified atom stereocenters. The Morgan fingerprint density at radius 2 is 1.61 bits per heavy atom. The van der Waals surface area contributed by atoms with E-state index in [-0.39, 0.29) is 52.4 Å². The van der Waals surface area contributed by atoms with E-state index in [2.05, 4.69) is 0 Å². The van der Waals surface area contributed by atoms with E-state index in [9.17, 15) is 27.9 Å². The molecule has 0 spiro atoms. The van der Waals surface area contributed by atoms with Crippen molar-refractivity contribution in [2.24, 2.45) is 0 Å². The number of alkyl halides is 2. The van der Waals surface area contributed by atoms with Gasteiger partial charge in [-0.05, 0) is 42.3 Å². The minimum atomic E-state index is -2.95. The van der Waals surface area contributed by atoms with E-state index >= 15 is 0 Å². The van der Waals surface area contributed by atoms with Gasteiger partial charge in [-0.15, -0.1) is 0 Å². The van der Waals surface area contributed by atoms with Crippen LogP contribution in [-0.2, 0) is 32.0 Å². The minimum Gasteiger partial charge on any atom is -0.492 e. The Balaban J connectivity index is 1.90. The molecule has 11 heteroatoms. The molecule has 2 rings (SSSR count). The van der Waals surface area contributed by atoms with Gasteiger partial charge in [0.15, 0.2) is 6.10 Å². The molecule has 1 amide bonds. The van der Waals surface area contributed by atoms with Crippen molar-refractivity contribution in [3.05, 3.63) is 65.5 Å². The maximum absolute atomic E-state index is 13.4. The summed E-state index contributed by atoms with van der Waals surface area (Å²) < 4.78 is 61.2. The van der Waals surface area contributed by atoms with Crippen molar-refractivity contribution in [2.45, 2.75) is 45.3 Å². The number of aliphatic carboxylic acids is 1. The second kappa shape index (κ2) is 15.8. The Bertz CT molecular complexity index is 987. The number of ether oxygens (including phenoxy) is 4. The average Bonchev–Trinajstić information content (AvgIpc) is 2.90. The molecule has 0 aromatic heterocycles. The van der Waals surface area contributed by atoms with Gasteiger partial charge >= 0.3 is 12.1 Å². The van der Waals surface area contributed by atoms with Crippen LogP contribution in [0.15, 0.2) is 48.5 Å². The van der Waals surface area contributed by atoms with E-state index in [1.807, 2.05) is 0 Å². The number of carboxylic acid groups (broad SMARTS) is 1. The SMILES string of the molecule is CCOC(Cc1ccc(OCCN(CCOCC(F)(F)CC)C(=O)OCc2ccc(F)cc2)cc1)C(=O)O. The Hall–Kier alpha value is -3.31. The number of nitrogens with zero attached hydrogens (tertiary/aromatic N) is 1. The summed E-state index contributed by atoms with van der Waals surface area (Å²) in [4.78, 5) is 25.2. The normalized spacial score (nSPS) is 12.1. The number of carboxylic acids is 1. The Labute approximate surface area is 220 Å². The summed E-state index contributed by atoms with van der Waals surface area (Å²) in [5.41, 5.74) is 1.34. The number of carbonyl (C=O) groups excluding carboxylic acids is 1. The summed E-state index contributed by atoms with van der Waals surface area (Å²) in [6, 6.07) is 12.3. The Morgan fingerprint density at radius 3 is 2.21 bits per heavy atom. The van der Waals surface area contributed by atoms with Gasteiger partial charge in [-0.2, -0.15) is 0 Å². The molecule has 1 N–H and O–H groups in total. The fourth-order valence-corrected chi connectivity index (χ4v) is 3.24. The third kappa shape index (κ3) is 11.4. The standard InChI is InChI=1S/C27H34F3NO7/c1-3-27(29,30)19-35-15-13-31(26(34)38-18-21-5-9-22(28)10-6-21)14-16-37-23-11-7-20(8-12-23)17-24(25(32)33)36-4-2/h5-12,24H,3-4,13-19H2,1-2H3,(H,32,33). The van der Waals surface area contributed by atoms with Crippen LogP contribution in [0.1, 0.15) is 31.4 Å². The maximum atomic E-state index is 13.4. The van der Waals surface area contributed by atoms with Gasteiger partial charge < -0.3 is 29.0 Å². The molecular formula is C27H34F3NO7. The lowest BCUT2D eigenvalue weighted by atomic mass is 10.1. The van der Waals surface area contributed by atoms with Gasteiger partial charge in [-0.3, -0.25) is 0 Å². The molecule has 0 saturated carbocycles. The molecule has 0 bridgehead atoms. The third-order valence-corrected chi connectivity index (χ3v) is 5.49. The zero-order chi connectivity index (χ0) is 28.0. The summed E-state index contributed by atoms with van der Waals surface area (Å²) in [5.74, 6) is -3.91. The summed E-state index contributed by atoms with van der Waals surface area (Å²) in [7, 11) is 0. The van der Waals surface area contributed by atoms with Gasteiger partial charge in [-0.25, -0.2) is 22.8 Å². The second-order valence-electron chi connectivity index (χ2n) is 8.41. The predicted octanol–water partition coefficient (Wildman–Crippen LogP) is 4.94. The highest BCUT2D eigenvalue weighted by molar-refractivity contribution is 5.72. The van der Waals surface area contributed by atoms with Gasteiger partial charge in [0.2, 0.25) is 0 Å². The van der Waals surface area contributed by atoms with Gasteiger partial charge in [0.05, 0.1) is 13.2 Å². The molecule has 0 saturated heterocycles. The van der Waals surface area contributed by atoms with Crippen LogP contribution in [0, 0.1) is 5.82 Å². The first-order valence-electron chi connectivity index (χ1n) is 12.3. The largest absolute Gasteiger partial charge is 0.492 e. The molecule has 8 nitrogen and oxygen atoms in total. The van der Waals surface area contributed by atoms with E-state index < -0.39 is 36.5 Å². The summed E-state index contributed by atoms with van der Waals surface area (Å²) in [6.45, 7) is 2.56. The van der Waals surface area contributed by atoms with E-state index in [0.717, 1.165) is 5.56 Å². The number of amides is 1. The molecule has 2 aromatic carbocycles. The molecule has 0 aliphatic carbocycles. The van der Waals surface area contributed by atoms with Gasteiger partial charge in [0, 0.05) is 26.0 Å². The first kappa shape index (κ1) is 30.9. The Morgan fingerprint density at radius 1 is 0.974 bits per heavy atom. The molecular weight excluding hydrogens is 507 g/mol. The molecule has 38 heavy (non-hydrogen) atoms. The number of carbonyl (C=O) groups is 2. The zero-order valence-electron chi connectivity index (χ0n) is 21.5. The van der Waals surface area contributed by atoms with Crippen molar-refractivity contribution in [3.63, 3.8) is 0 Å². The lowest BCUT2D eigenvalue weighted by molar-refractivity contribution is -0.149. The van der Waals surface area contributed by atoms with Crippen LogP contribution in [0.5, 0.6) is 5.75 Å². The number of rotatable bonds is 17. The first-order valence-corrected chi connectivity index (χ1v) is 12.3. The predicted molar refractivity (Wildman–Crippen MR) is 133 cm³/mol. The maximum Gasteiger partial charge on any atom is 0.410 e. The van der Waals surface area contributed by atoms with Crippen molar-refractivity contribution < 1.29 is 46.8 Å². The fraction of sp³-hybridized carbons (Fsp3) is 0.481. The van der Waals surface area contributed by atoms with E-state index in [1.165, 1.54) is 36.1 Å². The van der Waals surface area contributed by atoms with E-state index in [1.54, 1.807) is 31.2 Å². The van der Waals surface area contributed by atoms with Crippen LogP contribution in [0.2, 0.25) is 0 Å². The fourth-order valence-electron chi connectivity index (χ4n) is 3.24. The van der Waals surface area contributed by atoms with Gasteiger partial charge in [-0.1, -0.05) is 31.2 Å². The van der Waals surface area contributed by atoms with Crippen LogP contribution >= 0.6 is 0 Å². The van der Waals surface area contributed by atoms with Crippen molar-refractivity contribution in [3.8, 4) is 5.75 Å². The summed E-state index contributed by atoms with van der Waals surface area (Å²) in [6.07, 6.45) is -1.80. The Kier molecular flexibility index (Phi) is 12.9. The first-order chi connectivity index (χ1) is 18.1. The van der Waals surface area contributed by atoms with Crippen LogP contribution in [-0.4, -0.2) is 73.6 Å². The third-order valence-electron chi connectivity index (χ3n) is 5.49. The number of halogens is 3. The molecule has 2 aromatic rings. The molecule has 0 radical (unpaired) electrons. The molecule has 0 fully saturated rings. The smallest absolute Gasteiger partial charge is 0.410 e. The van der Waals surface area contributed by atoms with Gasteiger partial charge in [0.25, 0.3) is 5.92 Å². The van der Waals surface area contributed by atoms with Gasteiger partial charge in [0.1, 0.15) is 31.4 Å². The molecule has 0 heterocycles. The number of hydrogen-bond acceptors (Lipinski definition) is 6.